The number of carbonyl (C=O) groups excluding carboxylic acids is 2. The molecule has 3 rings (SSSR count). The van der Waals surface area contributed by atoms with Crippen LogP contribution in [0, 0.1) is 5.92 Å². The van der Waals surface area contributed by atoms with Gasteiger partial charge in [0.25, 0.3) is 0 Å². The predicted molar refractivity (Wildman–Crippen MR) is 105 cm³/mol. The van der Waals surface area contributed by atoms with Crippen molar-refractivity contribution in [3.8, 4) is 0 Å². The third-order valence-corrected chi connectivity index (χ3v) is 5.88. The van der Waals surface area contributed by atoms with E-state index in [9.17, 15) is 19.5 Å². The highest BCUT2D eigenvalue weighted by molar-refractivity contribution is 8.14. The fourth-order valence-corrected chi connectivity index (χ4v) is 4.03. The van der Waals surface area contributed by atoms with Gasteiger partial charge in [-0.2, -0.15) is 0 Å². The SMILES string of the molecule is C[C@H](CSC(=O)c1ccccc1)C(=O)N1Cc2ccccc2C[C@H]1C(=O)O. The fraction of sp³-hybridized carbons (Fsp3) is 0.286. The first-order valence-electron chi connectivity index (χ1n) is 8.79. The highest BCUT2D eigenvalue weighted by Gasteiger charge is 2.36. The maximum atomic E-state index is 12.9. The molecule has 0 bridgehead atoms. The van der Waals surface area contributed by atoms with Gasteiger partial charge in [0.05, 0.1) is 0 Å². The van der Waals surface area contributed by atoms with Gasteiger partial charge in [-0.15, -0.1) is 0 Å². The molecule has 0 spiro atoms. The molecule has 2 aromatic carbocycles. The van der Waals surface area contributed by atoms with Crippen molar-refractivity contribution in [3.63, 3.8) is 0 Å². The molecule has 0 aromatic heterocycles. The molecule has 0 aliphatic carbocycles. The van der Waals surface area contributed by atoms with Crippen molar-refractivity contribution in [3.05, 3.63) is 71.3 Å². The van der Waals surface area contributed by atoms with E-state index in [1.54, 1.807) is 31.2 Å². The minimum atomic E-state index is -1.00. The Morgan fingerprint density at radius 1 is 1.07 bits per heavy atom. The number of amides is 1. The zero-order valence-electron chi connectivity index (χ0n) is 15.0. The quantitative estimate of drug-likeness (QED) is 0.858. The van der Waals surface area contributed by atoms with Gasteiger partial charge in [-0.3, -0.25) is 9.59 Å². The normalized spacial score (nSPS) is 17.1. The van der Waals surface area contributed by atoms with Crippen LogP contribution in [0.3, 0.4) is 0 Å². The van der Waals surface area contributed by atoms with Crippen LogP contribution in [0.1, 0.15) is 28.4 Å². The summed E-state index contributed by atoms with van der Waals surface area (Å²) in [6, 6.07) is 15.6. The molecule has 5 nitrogen and oxygen atoms in total. The van der Waals surface area contributed by atoms with Crippen LogP contribution >= 0.6 is 11.8 Å². The van der Waals surface area contributed by atoms with Crippen LogP contribution in [-0.4, -0.2) is 38.8 Å². The summed E-state index contributed by atoms with van der Waals surface area (Å²) in [5.74, 6) is -1.37. The van der Waals surface area contributed by atoms with Crippen LogP contribution < -0.4 is 0 Å². The molecule has 0 saturated heterocycles. The van der Waals surface area contributed by atoms with Crippen LogP contribution in [0.5, 0.6) is 0 Å². The summed E-state index contributed by atoms with van der Waals surface area (Å²) in [5.41, 5.74) is 2.54. The van der Waals surface area contributed by atoms with E-state index in [1.807, 2.05) is 30.3 Å². The summed E-state index contributed by atoms with van der Waals surface area (Å²) >= 11 is 1.09. The molecule has 0 unspecified atom stereocenters. The molecule has 0 radical (unpaired) electrons. The summed E-state index contributed by atoms with van der Waals surface area (Å²) in [4.78, 5) is 38.3. The van der Waals surface area contributed by atoms with Gasteiger partial charge >= 0.3 is 5.97 Å². The predicted octanol–water partition coefficient (Wildman–Crippen LogP) is 3.23. The highest BCUT2D eigenvalue weighted by atomic mass is 32.2. The summed E-state index contributed by atoms with van der Waals surface area (Å²) < 4.78 is 0. The molecule has 1 amide bonds. The first kappa shape index (κ1) is 19.2. The Morgan fingerprint density at radius 3 is 2.37 bits per heavy atom. The number of nitrogens with zero attached hydrogens (tertiary/aromatic N) is 1. The zero-order chi connectivity index (χ0) is 19.4. The van der Waals surface area contributed by atoms with Gasteiger partial charge in [0.1, 0.15) is 6.04 Å². The van der Waals surface area contributed by atoms with Crippen molar-refractivity contribution >= 4 is 28.8 Å². The van der Waals surface area contributed by atoms with E-state index in [4.69, 9.17) is 0 Å². The number of fused-ring (bicyclic) bond motifs is 1. The molecule has 1 aliphatic rings. The van der Waals surface area contributed by atoms with E-state index < -0.39 is 17.9 Å². The first-order valence-corrected chi connectivity index (χ1v) is 9.78. The maximum Gasteiger partial charge on any atom is 0.326 e. The summed E-state index contributed by atoms with van der Waals surface area (Å²) in [6.45, 7) is 2.03. The number of benzene rings is 2. The molecule has 2 aromatic rings. The lowest BCUT2D eigenvalue weighted by atomic mass is 9.93. The van der Waals surface area contributed by atoms with Gasteiger partial charge < -0.3 is 10.0 Å². The Hall–Kier alpha value is -2.60. The van der Waals surface area contributed by atoms with Crippen molar-refractivity contribution in [1.82, 2.24) is 4.90 Å². The minimum absolute atomic E-state index is 0.0889. The molecule has 140 valence electrons. The van der Waals surface area contributed by atoms with Gasteiger partial charge in [-0.1, -0.05) is 73.3 Å². The third kappa shape index (κ3) is 4.39. The molecular weight excluding hydrogens is 362 g/mol. The average Bonchev–Trinajstić information content (AvgIpc) is 2.70. The van der Waals surface area contributed by atoms with Crippen LogP contribution in [-0.2, 0) is 22.6 Å². The third-order valence-electron chi connectivity index (χ3n) is 4.71. The lowest BCUT2D eigenvalue weighted by Gasteiger charge is -2.36. The lowest BCUT2D eigenvalue weighted by Crippen LogP contribution is -2.50. The Morgan fingerprint density at radius 2 is 1.70 bits per heavy atom. The van der Waals surface area contributed by atoms with Crippen LogP contribution in [0.2, 0.25) is 0 Å². The second-order valence-electron chi connectivity index (χ2n) is 6.66. The van der Waals surface area contributed by atoms with E-state index in [0.29, 0.717) is 17.7 Å². The summed E-state index contributed by atoms with van der Waals surface area (Å²) in [7, 11) is 0. The van der Waals surface area contributed by atoms with Crippen LogP contribution in [0.4, 0.5) is 0 Å². The molecule has 2 atom stereocenters. The van der Waals surface area contributed by atoms with E-state index in [-0.39, 0.29) is 17.6 Å². The van der Waals surface area contributed by atoms with Crippen molar-refractivity contribution in [2.45, 2.75) is 25.9 Å². The number of aliphatic carboxylic acids is 1. The van der Waals surface area contributed by atoms with Crippen molar-refractivity contribution in [1.29, 1.82) is 0 Å². The Labute approximate surface area is 162 Å². The Bertz CT molecular complexity index is 852. The Balaban J connectivity index is 1.68. The number of rotatable bonds is 5. The summed E-state index contributed by atoms with van der Waals surface area (Å²) in [6.07, 6.45) is 0.306. The van der Waals surface area contributed by atoms with Crippen molar-refractivity contribution in [2.75, 3.05) is 5.75 Å². The average molecular weight is 383 g/mol. The highest BCUT2D eigenvalue weighted by Crippen LogP contribution is 2.26. The van der Waals surface area contributed by atoms with E-state index in [1.165, 1.54) is 4.90 Å². The number of hydrogen-bond acceptors (Lipinski definition) is 4. The molecule has 1 aliphatic heterocycles. The van der Waals surface area contributed by atoms with E-state index in [2.05, 4.69) is 0 Å². The number of carbonyl (C=O) groups is 3. The van der Waals surface area contributed by atoms with Crippen molar-refractivity contribution in [2.24, 2.45) is 5.92 Å². The van der Waals surface area contributed by atoms with Crippen LogP contribution in [0.25, 0.3) is 0 Å². The number of carboxylic acids is 1. The number of thioether (sulfide) groups is 1. The zero-order valence-corrected chi connectivity index (χ0v) is 15.8. The maximum absolute atomic E-state index is 12.9. The van der Waals surface area contributed by atoms with Gasteiger partial charge in [0.15, 0.2) is 0 Å². The Kier molecular flexibility index (Phi) is 5.96. The molecule has 0 fully saturated rings. The van der Waals surface area contributed by atoms with E-state index in [0.717, 1.165) is 22.9 Å². The number of hydrogen-bond donors (Lipinski definition) is 1. The van der Waals surface area contributed by atoms with Crippen molar-refractivity contribution < 1.29 is 19.5 Å². The van der Waals surface area contributed by atoms with Gasteiger partial charge in [0, 0.05) is 30.2 Å². The molecular formula is C21H21NO4S. The lowest BCUT2D eigenvalue weighted by molar-refractivity contribution is -0.152. The largest absolute Gasteiger partial charge is 0.480 e. The van der Waals surface area contributed by atoms with E-state index >= 15 is 0 Å². The summed E-state index contributed by atoms with van der Waals surface area (Å²) in [5, 5.41) is 9.49. The first-order chi connectivity index (χ1) is 13.0. The molecule has 6 heteroatoms. The standard InChI is InChI=1S/C21H21NO4S/c1-14(13-27-21(26)15-7-3-2-4-8-15)19(23)22-12-17-10-6-5-9-16(17)11-18(22)20(24)25/h2-10,14,18H,11-13H2,1H3,(H,24,25)/t14-,18+/m1/s1. The molecule has 1 heterocycles. The number of carboxylic acid groups (broad SMARTS) is 1. The smallest absolute Gasteiger partial charge is 0.326 e. The molecule has 0 saturated carbocycles. The minimum Gasteiger partial charge on any atom is -0.480 e. The van der Waals surface area contributed by atoms with Gasteiger partial charge in [0.2, 0.25) is 11.0 Å². The van der Waals surface area contributed by atoms with Gasteiger partial charge in [-0.25, -0.2) is 4.79 Å². The van der Waals surface area contributed by atoms with Crippen LogP contribution in [0.15, 0.2) is 54.6 Å². The van der Waals surface area contributed by atoms with Gasteiger partial charge in [-0.05, 0) is 11.1 Å². The second kappa shape index (κ2) is 8.39. The monoisotopic (exact) mass is 383 g/mol. The second-order valence-corrected chi connectivity index (χ2v) is 7.65. The molecule has 27 heavy (non-hydrogen) atoms. The topological polar surface area (TPSA) is 74.7 Å². The fourth-order valence-electron chi connectivity index (χ4n) is 3.19. The molecule has 1 N–H and O–H groups in total.